The molecule has 0 radical (unpaired) electrons. The predicted molar refractivity (Wildman–Crippen MR) is 51.5 cm³/mol. The molecule has 1 rings (SSSR count). The van der Waals surface area contributed by atoms with Crippen molar-refractivity contribution in [1.82, 2.24) is 4.90 Å². The van der Waals surface area contributed by atoms with Crippen molar-refractivity contribution in [1.29, 1.82) is 0 Å². The van der Waals surface area contributed by atoms with Gasteiger partial charge in [0.15, 0.2) is 0 Å². The third kappa shape index (κ3) is 2.02. The first-order chi connectivity index (χ1) is 6.56. The Morgan fingerprint density at radius 2 is 2.43 bits per heavy atom. The van der Waals surface area contributed by atoms with Crippen LogP contribution in [0, 0.1) is 0 Å². The van der Waals surface area contributed by atoms with Gasteiger partial charge in [-0.25, -0.2) is 4.39 Å². The topological polar surface area (TPSA) is 40.5 Å². The summed E-state index contributed by atoms with van der Waals surface area (Å²) in [4.78, 5) is 12.7. The van der Waals surface area contributed by atoms with Crippen LogP contribution in [0.4, 0.5) is 4.39 Å². The fourth-order valence-corrected chi connectivity index (χ4v) is 1.28. The minimum absolute atomic E-state index is 0.113. The van der Waals surface area contributed by atoms with Crippen LogP contribution >= 0.6 is 0 Å². The van der Waals surface area contributed by atoms with E-state index in [1.54, 1.807) is 7.05 Å². The van der Waals surface area contributed by atoms with Crippen molar-refractivity contribution in [2.45, 2.75) is 0 Å². The summed E-state index contributed by atoms with van der Waals surface area (Å²) in [5.74, 6) is -0.409. The molecule has 0 unspecified atom stereocenters. The second-order valence-electron chi connectivity index (χ2n) is 3.12. The van der Waals surface area contributed by atoms with Crippen molar-refractivity contribution >= 4 is 5.91 Å². The molecule has 1 heterocycles. The lowest BCUT2D eigenvalue weighted by molar-refractivity contribution is -0.124. The molecule has 1 amide bonds. The lowest BCUT2D eigenvalue weighted by Gasteiger charge is -2.06. The van der Waals surface area contributed by atoms with Crippen molar-refractivity contribution in [3.63, 3.8) is 0 Å². The first-order valence-corrected chi connectivity index (χ1v) is 4.15. The molecule has 0 saturated heterocycles. The summed E-state index contributed by atoms with van der Waals surface area (Å²) in [7, 11) is 1.60. The summed E-state index contributed by atoms with van der Waals surface area (Å²) in [5, 5.41) is 8.81. The zero-order valence-electron chi connectivity index (χ0n) is 7.96. The molecule has 0 aromatic rings. The molecular formula is C10H12FNO2. The Morgan fingerprint density at radius 3 is 2.93 bits per heavy atom. The normalized spacial score (nSPS) is 17.3. The molecule has 0 spiro atoms. The number of rotatable bonds is 3. The minimum atomic E-state index is -0.777. The predicted octanol–water partition coefficient (Wildman–Crippen LogP) is 1.35. The second-order valence-corrected chi connectivity index (χ2v) is 3.12. The maximum absolute atomic E-state index is 12.5. The fraction of sp³-hybridized carbons (Fsp3) is 0.300. The smallest absolute Gasteiger partial charge is 0.252 e. The zero-order chi connectivity index (χ0) is 10.7. The quantitative estimate of drug-likeness (QED) is 0.548. The Morgan fingerprint density at radius 1 is 1.79 bits per heavy atom. The highest BCUT2D eigenvalue weighted by molar-refractivity contribution is 5.97. The minimum Gasteiger partial charge on any atom is -0.509 e. The molecule has 0 aromatic heterocycles. The average Bonchev–Trinajstić information content (AvgIpc) is 2.39. The van der Waals surface area contributed by atoms with Gasteiger partial charge in [-0.2, -0.15) is 0 Å². The molecule has 14 heavy (non-hydrogen) atoms. The van der Waals surface area contributed by atoms with Gasteiger partial charge in [0, 0.05) is 13.6 Å². The van der Waals surface area contributed by atoms with Crippen molar-refractivity contribution in [2.24, 2.45) is 0 Å². The van der Waals surface area contributed by atoms with Gasteiger partial charge in [-0.3, -0.25) is 4.79 Å². The van der Waals surface area contributed by atoms with E-state index in [9.17, 15) is 9.18 Å². The largest absolute Gasteiger partial charge is 0.509 e. The van der Waals surface area contributed by atoms with Crippen molar-refractivity contribution in [3.8, 4) is 0 Å². The number of nitrogens with zero attached hydrogens (tertiary/aromatic N) is 1. The van der Waals surface area contributed by atoms with E-state index in [2.05, 4.69) is 6.58 Å². The Labute approximate surface area is 81.8 Å². The number of aliphatic hydroxyl groups excluding tert-OH is 1. The van der Waals surface area contributed by atoms with E-state index in [0.29, 0.717) is 12.1 Å². The summed E-state index contributed by atoms with van der Waals surface area (Å²) < 4.78 is 12.5. The van der Waals surface area contributed by atoms with Gasteiger partial charge >= 0.3 is 0 Å². The Balaban J connectivity index is 2.90. The van der Waals surface area contributed by atoms with Gasteiger partial charge in [-0.15, -0.1) is 0 Å². The van der Waals surface area contributed by atoms with E-state index in [4.69, 9.17) is 5.11 Å². The van der Waals surface area contributed by atoms with E-state index in [-0.39, 0.29) is 17.2 Å². The van der Waals surface area contributed by atoms with Crippen LogP contribution in [0.25, 0.3) is 0 Å². The van der Waals surface area contributed by atoms with E-state index >= 15 is 0 Å². The number of allylic oxidation sites excluding steroid dienone is 1. The molecule has 0 aliphatic carbocycles. The zero-order valence-corrected chi connectivity index (χ0v) is 7.96. The highest BCUT2D eigenvalue weighted by atomic mass is 19.1. The first kappa shape index (κ1) is 10.5. The van der Waals surface area contributed by atoms with Crippen LogP contribution in [-0.4, -0.2) is 36.2 Å². The van der Waals surface area contributed by atoms with Gasteiger partial charge in [0.1, 0.15) is 12.4 Å². The average molecular weight is 197 g/mol. The molecule has 0 bridgehead atoms. The lowest BCUT2D eigenvalue weighted by Crippen LogP contribution is -2.22. The maximum Gasteiger partial charge on any atom is 0.252 e. The van der Waals surface area contributed by atoms with Gasteiger partial charge in [0.2, 0.25) is 0 Å². The van der Waals surface area contributed by atoms with E-state index in [1.807, 2.05) is 0 Å². The molecule has 1 aliphatic heterocycles. The van der Waals surface area contributed by atoms with E-state index < -0.39 is 6.67 Å². The fourth-order valence-electron chi connectivity index (χ4n) is 1.28. The number of carbonyl (C=O) groups excluding carboxylic acids is 1. The molecule has 0 saturated carbocycles. The van der Waals surface area contributed by atoms with Crippen LogP contribution in [0.3, 0.4) is 0 Å². The SMILES string of the molecule is C=C(O)/C=C\C1=C(CF)C(=O)N(C)C1. The van der Waals surface area contributed by atoms with Crippen molar-refractivity contribution < 1.29 is 14.3 Å². The molecule has 76 valence electrons. The van der Waals surface area contributed by atoms with Crippen LogP contribution < -0.4 is 0 Å². The number of amides is 1. The molecule has 1 aliphatic rings. The number of halogens is 1. The standard InChI is InChI=1S/C10H12FNO2/c1-7(13)3-4-8-6-12(2)10(14)9(8)5-11/h3-4,13H,1,5-6H2,2H3/b4-3-. The van der Waals surface area contributed by atoms with E-state index in [1.165, 1.54) is 17.1 Å². The van der Waals surface area contributed by atoms with Crippen LogP contribution in [0.2, 0.25) is 0 Å². The molecule has 0 fully saturated rings. The number of alkyl halides is 1. The summed E-state index contributed by atoms with van der Waals surface area (Å²) in [5.41, 5.74) is 0.750. The Hall–Kier alpha value is -1.58. The van der Waals surface area contributed by atoms with Gasteiger partial charge < -0.3 is 10.0 Å². The molecular weight excluding hydrogens is 185 g/mol. The maximum atomic E-state index is 12.5. The van der Waals surface area contributed by atoms with Gasteiger partial charge in [-0.05, 0) is 11.6 Å². The monoisotopic (exact) mass is 197 g/mol. The van der Waals surface area contributed by atoms with Crippen LogP contribution in [0.15, 0.2) is 35.6 Å². The molecule has 0 aromatic carbocycles. The van der Waals surface area contributed by atoms with E-state index in [0.717, 1.165) is 0 Å². The lowest BCUT2D eigenvalue weighted by atomic mass is 10.1. The third-order valence-corrected chi connectivity index (χ3v) is 2.01. The first-order valence-electron chi connectivity index (χ1n) is 4.15. The Kier molecular flexibility index (Phi) is 3.06. The molecule has 1 N–H and O–H groups in total. The van der Waals surface area contributed by atoms with Crippen LogP contribution in [0.5, 0.6) is 0 Å². The highest BCUT2D eigenvalue weighted by Gasteiger charge is 2.25. The number of hydrogen-bond donors (Lipinski definition) is 1. The summed E-state index contributed by atoms with van der Waals surface area (Å²) >= 11 is 0. The second kappa shape index (κ2) is 4.09. The number of hydrogen-bond acceptors (Lipinski definition) is 2. The molecule has 4 heteroatoms. The summed E-state index contributed by atoms with van der Waals surface area (Å²) in [6.07, 6.45) is 2.86. The van der Waals surface area contributed by atoms with Crippen LogP contribution in [0.1, 0.15) is 0 Å². The van der Waals surface area contributed by atoms with Gasteiger partial charge in [-0.1, -0.05) is 12.7 Å². The Bertz CT molecular complexity index is 331. The van der Waals surface area contributed by atoms with Gasteiger partial charge in [0.25, 0.3) is 5.91 Å². The van der Waals surface area contributed by atoms with Crippen LogP contribution in [-0.2, 0) is 4.79 Å². The summed E-state index contributed by atoms with van der Waals surface area (Å²) in [6.45, 7) is 2.86. The molecule has 0 atom stereocenters. The van der Waals surface area contributed by atoms with Gasteiger partial charge in [0.05, 0.1) is 5.57 Å². The van der Waals surface area contributed by atoms with Crippen molar-refractivity contribution in [3.05, 3.63) is 35.6 Å². The highest BCUT2D eigenvalue weighted by Crippen LogP contribution is 2.19. The van der Waals surface area contributed by atoms with Crippen molar-refractivity contribution in [2.75, 3.05) is 20.3 Å². The molecule has 3 nitrogen and oxygen atoms in total. The summed E-state index contributed by atoms with van der Waals surface area (Å²) in [6, 6.07) is 0. The number of aliphatic hydroxyl groups is 1. The third-order valence-electron chi connectivity index (χ3n) is 2.01. The number of carbonyl (C=O) groups is 1. The number of likely N-dealkylation sites (N-methyl/N-ethyl adjacent to an activating group) is 1.